The number of nitrogens with two attached hydrogens (primary N) is 1. The number of hydrogen-bond donors (Lipinski definition) is 2. The quantitative estimate of drug-likeness (QED) is 0.809. The molecule has 0 bridgehead atoms. The van der Waals surface area contributed by atoms with Gasteiger partial charge in [-0.1, -0.05) is 19.1 Å². The summed E-state index contributed by atoms with van der Waals surface area (Å²) in [6.07, 6.45) is 0.232. The molecule has 0 aliphatic carbocycles. The molecule has 3 N–H and O–H groups in total. The van der Waals surface area contributed by atoms with Crippen molar-refractivity contribution in [3.8, 4) is 5.75 Å². The van der Waals surface area contributed by atoms with E-state index in [1.807, 2.05) is 25.1 Å². The van der Waals surface area contributed by atoms with E-state index in [0.717, 1.165) is 12.1 Å². The van der Waals surface area contributed by atoms with Crippen molar-refractivity contribution in [3.63, 3.8) is 0 Å². The van der Waals surface area contributed by atoms with E-state index in [1.54, 1.807) is 11.0 Å². The number of nitrogens with one attached hydrogen (secondary N) is 1. The molecule has 1 aromatic carbocycles. The molecule has 1 aliphatic heterocycles. The fourth-order valence-electron chi connectivity index (χ4n) is 2.14. The highest BCUT2D eigenvalue weighted by molar-refractivity contribution is 5.85. The van der Waals surface area contributed by atoms with Crippen LogP contribution in [0.4, 0.5) is 5.69 Å². The Morgan fingerprint density at radius 3 is 2.90 bits per heavy atom. The van der Waals surface area contributed by atoms with Gasteiger partial charge in [-0.25, -0.2) is 0 Å². The lowest BCUT2D eigenvalue weighted by molar-refractivity contribution is -0.128. The second-order valence-electron chi connectivity index (χ2n) is 4.71. The average molecular weight is 277 g/mol. The summed E-state index contributed by atoms with van der Waals surface area (Å²) in [4.78, 5) is 25.0. The van der Waals surface area contributed by atoms with Gasteiger partial charge >= 0.3 is 0 Å². The van der Waals surface area contributed by atoms with Gasteiger partial charge in [0.25, 0.3) is 5.91 Å². The summed E-state index contributed by atoms with van der Waals surface area (Å²) in [5.74, 6) is -0.0121. The average Bonchev–Trinajstić information content (AvgIpc) is 2.44. The highest BCUT2D eigenvalue weighted by Gasteiger charge is 2.30. The molecular weight excluding hydrogens is 258 g/mol. The minimum atomic E-state index is -0.629. The third-order valence-electron chi connectivity index (χ3n) is 3.05. The van der Waals surface area contributed by atoms with Gasteiger partial charge < -0.3 is 20.7 Å². The molecule has 108 valence electrons. The van der Waals surface area contributed by atoms with Crippen molar-refractivity contribution < 1.29 is 14.3 Å². The van der Waals surface area contributed by atoms with E-state index < -0.39 is 12.0 Å². The van der Waals surface area contributed by atoms with Crippen LogP contribution in [0.2, 0.25) is 0 Å². The van der Waals surface area contributed by atoms with Crippen LogP contribution in [0.1, 0.15) is 13.3 Å². The maximum atomic E-state index is 12.0. The fourth-order valence-corrected chi connectivity index (χ4v) is 2.14. The van der Waals surface area contributed by atoms with Crippen LogP contribution in [0.3, 0.4) is 0 Å². The third kappa shape index (κ3) is 3.20. The number of rotatable bonds is 5. The molecule has 0 unspecified atom stereocenters. The zero-order valence-corrected chi connectivity index (χ0v) is 11.5. The van der Waals surface area contributed by atoms with Crippen molar-refractivity contribution in [2.75, 3.05) is 24.5 Å². The molecule has 1 atom stereocenters. The Balaban J connectivity index is 2.17. The monoisotopic (exact) mass is 277 g/mol. The van der Waals surface area contributed by atoms with Crippen LogP contribution in [0.15, 0.2) is 24.3 Å². The number of amides is 2. The molecule has 0 saturated heterocycles. The van der Waals surface area contributed by atoms with Crippen molar-refractivity contribution >= 4 is 17.5 Å². The smallest absolute Gasteiger partial charge is 0.262 e. The van der Waals surface area contributed by atoms with Gasteiger partial charge in [0, 0.05) is 6.54 Å². The first-order valence-electron chi connectivity index (χ1n) is 6.68. The summed E-state index contributed by atoms with van der Waals surface area (Å²) >= 11 is 0. The molecule has 1 aromatic rings. The van der Waals surface area contributed by atoms with Crippen molar-refractivity contribution in [2.24, 2.45) is 5.73 Å². The summed E-state index contributed by atoms with van der Waals surface area (Å²) in [5, 5.41) is 2.80. The van der Waals surface area contributed by atoms with E-state index in [-0.39, 0.29) is 12.5 Å². The lowest BCUT2D eigenvalue weighted by Gasteiger charge is -2.34. The van der Waals surface area contributed by atoms with Crippen LogP contribution in [-0.4, -0.2) is 37.6 Å². The van der Waals surface area contributed by atoms with E-state index >= 15 is 0 Å². The summed E-state index contributed by atoms with van der Waals surface area (Å²) in [6, 6.07) is 7.31. The van der Waals surface area contributed by atoms with Crippen LogP contribution in [-0.2, 0) is 9.59 Å². The third-order valence-corrected chi connectivity index (χ3v) is 3.05. The van der Waals surface area contributed by atoms with E-state index in [1.165, 1.54) is 0 Å². The van der Waals surface area contributed by atoms with Crippen LogP contribution >= 0.6 is 0 Å². The van der Waals surface area contributed by atoms with E-state index in [4.69, 9.17) is 10.5 Å². The maximum absolute atomic E-state index is 12.0. The number of ether oxygens (including phenoxy) is 1. The molecule has 0 spiro atoms. The van der Waals surface area contributed by atoms with Crippen LogP contribution in [0.5, 0.6) is 5.75 Å². The van der Waals surface area contributed by atoms with Gasteiger partial charge in [0.1, 0.15) is 5.75 Å². The topological polar surface area (TPSA) is 84.7 Å². The van der Waals surface area contributed by atoms with E-state index in [9.17, 15) is 9.59 Å². The summed E-state index contributed by atoms with van der Waals surface area (Å²) in [6.45, 7) is 2.97. The van der Waals surface area contributed by atoms with Gasteiger partial charge in [-0.2, -0.15) is 0 Å². The number of benzene rings is 1. The lowest BCUT2D eigenvalue weighted by atomic mass is 10.1. The number of carbonyl (C=O) groups is 2. The summed E-state index contributed by atoms with van der Waals surface area (Å²) in [5.41, 5.74) is 6.04. The Labute approximate surface area is 117 Å². The van der Waals surface area contributed by atoms with Gasteiger partial charge in [-0.3, -0.25) is 9.59 Å². The predicted molar refractivity (Wildman–Crippen MR) is 75.6 cm³/mol. The van der Waals surface area contributed by atoms with Crippen molar-refractivity contribution in [2.45, 2.75) is 19.4 Å². The Hall–Kier alpha value is -2.24. The lowest BCUT2D eigenvalue weighted by Crippen LogP contribution is -2.50. The number of fused-ring (bicyclic) bond motifs is 1. The molecule has 0 saturated carbocycles. The fraction of sp³-hybridized carbons (Fsp3) is 0.429. The van der Waals surface area contributed by atoms with Gasteiger partial charge in [0.05, 0.1) is 18.8 Å². The van der Waals surface area contributed by atoms with Gasteiger partial charge in [-0.05, 0) is 18.6 Å². The second-order valence-corrected chi connectivity index (χ2v) is 4.71. The second kappa shape index (κ2) is 6.27. The van der Waals surface area contributed by atoms with Gasteiger partial charge in [0.15, 0.2) is 6.10 Å². The molecule has 1 aliphatic rings. The molecule has 6 nitrogen and oxygen atoms in total. The molecular formula is C14H19N3O3. The molecule has 2 rings (SSSR count). The molecule has 0 aromatic heterocycles. The Kier molecular flexibility index (Phi) is 4.45. The Bertz CT molecular complexity index is 504. The first-order chi connectivity index (χ1) is 9.61. The normalized spacial score (nSPS) is 17.1. The van der Waals surface area contributed by atoms with Crippen molar-refractivity contribution in [3.05, 3.63) is 24.3 Å². The number of para-hydroxylation sites is 2. The Morgan fingerprint density at radius 2 is 2.20 bits per heavy atom. The number of anilines is 1. The minimum Gasteiger partial charge on any atom is -0.477 e. The molecule has 0 radical (unpaired) electrons. The van der Waals surface area contributed by atoms with Crippen molar-refractivity contribution in [1.82, 2.24) is 5.32 Å². The summed E-state index contributed by atoms with van der Waals surface area (Å²) in [7, 11) is 0. The summed E-state index contributed by atoms with van der Waals surface area (Å²) < 4.78 is 5.70. The largest absolute Gasteiger partial charge is 0.477 e. The van der Waals surface area contributed by atoms with Crippen molar-refractivity contribution in [1.29, 1.82) is 0 Å². The number of primary amides is 1. The van der Waals surface area contributed by atoms with Crippen LogP contribution in [0, 0.1) is 0 Å². The number of carbonyl (C=O) groups excluding carboxylic acids is 2. The highest BCUT2D eigenvalue weighted by atomic mass is 16.5. The SMILES string of the molecule is CCCNC(=O)[C@H]1CN(CC(N)=O)c2ccccc2O1. The standard InChI is InChI=1S/C14H19N3O3/c1-2-7-16-14(19)12-8-17(9-13(15)18)10-5-3-4-6-11(10)20-12/h3-6,12H,2,7-9H2,1H3,(H2,15,18)(H,16,19)/t12-/m1/s1. The number of nitrogens with zero attached hydrogens (tertiary/aromatic N) is 1. The minimum absolute atomic E-state index is 0.0674. The molecule has 20 heavy (non-hydrogen) atoms. The Morgan fingerprint density at radius 1 is 1.45 bits per heavy atom. The zero-order valence-electron chi connectivity index (χ0n) is 11.5. The van der Waals surface area contributed by atoms with E-state index in [2.05, 4.69) is 5.32 Å². The van der Waals surface area contributed by atoms with E-state index in [0.29, 0.717) is 18.8 Å². The van der Waals surface area contributed by atoms with Crippen LogP contribution in [0.25, 0.3) is 0 Å². The predicted octanol–water partition coefficient (Wildman–Crippen LogP) is 0.265. The molecule has 0 fully saturated rings. The molecule has 2 amide bonds. The first-order valence-corrected chi connectivity index (χ1v) is 6.68. The molecule has 1 heterocycles. The maximum Gasteiger partial charge on any atom is 0.262 e. The first kappa shape index (κ1) is 14.2. The zero-order chi connectivity index (χ0) is 14.5. The van der Waals surface area contributed by atoms with Crippen LogP contribution < -0.4 is 20.7 Å². The van der Waals surface area contributed by atoms with Gasteiger partial charge in [-0.15, -0.1) is 0 Å². The highest BCUT2D eigenvalue weighted by Crippen LogP contribution is 2.32. The van der Waals surface area contributed by atoms with Gasteiger partial charge in [0.2, 0.25) is 5.91 Å². The molecule has 6 heteroatoms. The number of hydrogen-bond acceptors (Lipinski definition) is 4.